The lowest BCUT2D eigenvalue weighted by atomic mass is 10.0. The SMILES string of the molecule is C=C1C(NC(=O)OC(C)(C)C)CCCN1/C(N)=N/N. The average molecular weight is 269 g/mol. The molecule has 0 radical (unpaired) electrons. The van der Waals surface area contributed by atoms with E-state index in [1.807, 2.05) is 20.8 Å². The van der Waals surface area contributed by atoms with Crippen LogP contribution in [-0.4, -0.2) is 35.1 Å². The zero-order valence-electron chi connectivity index (χ0n) is 11.8. The van der Waals surface area contributed by atoms with Gasteiger partial charge in [-0.15, -0.1) is 5.10 Å². The zero-order chi connectivity index (χ0) is 14.6. The second kappa shape index (κ2) is 5.81. The van der Waals surface area contributed by atoms with Gasteiger partial charge >= 0.3 is 6.09 Å². The molecule has 0 bridgehead atoms. The van der Waals surface area contributed by atoms with Crippen molar-refractivity contribution in [2.45, 2.75) is 45.3 Å². The molecule has 5 N–H and O–H groups in total. The highest BCUT2D eigenvalue weighted by Gasteiger charge is 2.28. The molecule has 1 amide bonds. The van der Waals surface area contributed by atoms with E-state index in [1.165, 1.54) is 0 Å². The second-order valence-corrected chi connectivity index (χ2v) is 5.47. The molecule has 1 fully saturated rings. The minimum absolute atomic E-state index is 0.195. The van der Waals surface area contributed by atoms with Crippen LogP contribution in [0.1, 0.15) is 33.6 Å². The molecule has 0 aromatic carbocycles. The predicted octanol–water partition coefficient (Wildman–Crippen LogP) is 0.678. The van der Waals surface area contributed by atoms with Crippen LogP contribution in [0.2, 0.25) is 0 Å². The van der Waals surface area contributed by atoms with Gasteiger partial charge in [0.1, 0.15) is 5.60 Å². The van der Waals surface area contributed by atoms with Gasteiger partial charge in [-0.1, -0.05) is 6.58 Å². The lowest BCUT2D eigenvalue weighted by molar-refractivity contribution is 0.0500. The number of piperidine rings is 1. The Kier molecular flexibility index (Phi) is 4.63. The number of rotatable bonds is 1. The van der Waals surface area contributed by atoms with Crippen molar-refractivity contribution in [3.8, 4) is 0 Å². The van der Waals surface area contributed by atoms with E-state index in [2.05, 4.69) is 17.0 Å². The fraction of sp³-hybridized carbons (Fsp3) is 0.667. The van der Waals surface area contributed by atoms with Gasteiger partial charge < -0.3 is 26.5 Å². The van der Waals surface area contributed by atoms with Crippen LogP contribution in [0.15, 0.2) is 17.4 Å². The smallest absolute Gasteiger partial charge is 0.408 e. The summed E-state index contributed by atoms with van der Waals surface area (Å²) in [5, 5.41) is 6.23. The molecule has 108 valence electrons. The summed E-state index contributed by atoms with van der Waals surface area (Å²) in [4.78, 5) is 13.4. The Morgan fingerprint density at radius 2 is 2.21 bits per heavy atom. The first-order valence-electron chi connectivity index (χ1n) is 6.24. The summed E-state index contributed by atoms with van der Waals surface area (Å²) in [5.74, 6) is 5.36. The topological polar surface area (TPSA) is 106 Å². The number of nitrogens with one attached hydrogen (secondary N) is 1. The molecule has 19 heavy (non-hydrogen) atoms. The van der Waals surface area contributed by atoms with Crippen LogP contribution in [0.3, 0.4) is 0 Å². The molecule has 0 saturated carbocycles. The Hall–Kier alpha value is -1.92. The third-order valence-corrected chi connectivity index (χ3v) is 2.72. The molecule has 1 heterocycles. The third-order valence-electron chi connectivity index (χ3n) is 2.72. The second-order valence-electron chi connectivity index (χ2n) is 5.47. The van der Waals surface area contributed by atoms with Gasteiger partial charge in [0.15, 0.2) is 0 Å². The van der Waals surface area contributed by atoms with Gasteiger partial charge in [0, 0.05) is 12.2 Å². The standard InChI is InChI=1S/C12H23N5O2/c1-8-9(15-11(18)19-12(2,3)4)6-5-7-17(8)10(13)16-14/h9H,1,5-7,14H2,2-4H3,(H2,13,16)(H,15,18). The number of hydrogen-bond acceptors (Lipinski definition) is 4. The van der Waals surface area contributed by atoms with E-state index in [1.54, 1.807) is 4.90 Å². The molecule has 1 saturated heterocycles. The van der Waals surface area contributed by atoms with E-state index < -0.39 is 11.7 Å². The zero-order valence-corrected chi connectivity index (χ0v) is 11.8. The first-order chi connectivity index (χ1) is 8.74. The van der Waals surface area contributed by atoms with Gasteiger partial charge in [-0.3, -0.25) is 0 Å². The van der Waals surface area contributed by atoms with Crippen LogP contribution < -0.4 is 16.9 Å². The molecule has 1 unspecified atom stereocenters. The van der Waals surface area contributed by atoms with E-state index in [0.29, 0.717) is 12.2 Å². The number of likely N-dealkylation sites (tertiary alicyclic amines) is 1. The summed E-state index contributed by atoms with van der Waals surface area (Å²) < 4.78 is 5.21. The summed E-state index contributed by atoms with van der Waals surface area (Å²) in [6.07, 6.45) is 1.17. The van der Waals surface area contributed by atoms with Crippen molar-refractivity contribution >= 4 is 12.1 Å². The number of nitrogens with zero attached hydrogens (tertiary/aromatic N) is 2. The van der Waals surface area contributed by atoms with E-state index in [-0.39, 0.29) is 12.0 Å². The highest BCUT2D eigenvalue weighted by molar-refractivity contribution is 5.80. The largest absolute Gasteiger partial charge is 0.444 e. The number of nitrogens with two attached hydrogens (primary N) is 2. The molecule has 7 heteroatoms. The monoisotopic (exact) mass is 269 g/mol. The van der Waals surface area contributed by atoms with E-state index in [9.17, 15) is 4.79 Å². The maximum absolute atomic E-state index is 11.7. The third kappa shape index (κ3) is 4.35. The van der Waals surface area contributed by atoms with Crippen molar-refractivity contribution in [3.05, 3.63) is 12.3 Å². The molecule has 1 aliphatic rings. The van der Waals surface area contributed by atoms with Crippen LogP contribution >= 0.6 is 0 Å². The Bertz CT molecular complexity index is 386. The van der Waals surface area contributed by atoms with Gasteiger partial charge in [-0.2, -0.15) is 0 Å². The van der Waals surface area contributed by atoms with E-state index >= 15 is 0 Å². The number of carbonyl (C=O) groups excluding carboxylic acids is 1. The molecular weight excluding hydrogens is 246 g/mol. The van der Waals surface area contributed by atoms with Crippen LogP contribution in [0.4, 0.5) is 4.79 Å². The number of guanidine groups is 1. The number of hydrogen-bond donors (Lipinski definition) is 3. The molecular formula is C12H23N5O2. The molecule has 0 aromatic heterocycles. The lowest BCUT2D eigenvalue weighted by Gasteiger charge is -2.35. The van der Waals surface area contributed by atoms with E-state index in [4.69, 9.17) is 16.3 Å². The van der Waals surface area contributed by atoms with E-state index in [0.717, 1.165) is 12.8 Å². The predicted molar refractivity (Wildman–Crippen MR) is 74.0 cm³/mol. The molecule has 0 spiro atoms. The normalized spacial score (nSPS) is 21.2. The van der Waals surface area contributed by atoms with Gasteiger partial charge in [-0.25, -0.2) is 4.79 Å². The summed E-state index contributed by atoms with van der Waals surface area (Å²) in [6.45, 7) is 10.1. The number of ether oxygens (including phenoxy) is 1. The van der Waals surface area contributed by atoms with Gasteiger partial charge in [0.2, 0.25) is 5.96 Å². The van der Waals surface area contributed by atoms with Gasteiger partial charge in [-0.05, 0) is 33.6 Å². The first-order valence-corrected chi connectivity index (χ1v) is 6.24. The summed E-state index contributed by atoms with van der Waals surface area (Å²) >= 11 is 0. The molecule has 7 nitrogen and oxygen atoms in total. The molecule has 0 aromatic rings. The lowest BCUT2D eigenvalue weighted by Crippen LogP contribution is -2.50. The Labute approximate surface area is 113 Å². The summed E-state index contributed by atoms with van der Waals surface area (Å²) in [7, 11) is 0. The Balaban J connectivity index is 2.64. The Morgan fingerprint density at radius 3 is 2.74 bits per heavy atom. The van der Waals surface area contributed by atoms with Crippen molar-refractivity contribution in [1.29, 1.82) is 0 Å². The maximum atomic E-state index is 11.7. The van der Waals surface area contributed by atoms with Gasteiger partial charge in [0.05, 0.1) is 6.04 Å². The van der Waals surface area contributed by atoms with Gasteiger partial charge in [0.25, 0.3) is 0 Å². The maximum Gasteiger partial charge on any atom is 0.408 e. The highest BCUT2D eigenvalue weighted by Crippen LogP contribution is 2.20. The minimum atomic E-state index is -0.530. The average Bonchev–Trinajstić information content (AvgIpc) is 2.28. The fourth-order valence-electron chi connectivity index (χ4n) is 1.89. The van der Waals surface area contributed by atoms with Crippen LogP contribution in [0.5, 0.6) is 0 Å². The number of carbonyl (C=O) groups is 1. The quantitative estimate of drug-likeness (QED) is 0.281. The highest BCUT2D eigenvalue weighted by atomic mass is 16.6. The first kappa shape index (κ1) is 15.1. The fourth-order valence-corrected chi connectivity index (χ4v) is 1.89. The molecule has 1 aliphatic heterocycles. The summed E-state index contributed by atoms with van der Waals surface area (Å²) in [5.41, 5.74) is 5.82. The van der Waals surface area contributed by atoms with Crippen LogP contribution in [-0.2, 0) is 4.74 Å². The molecule has 1 atom stereocenters. The van der Waals surface area contributed by atoms with Crippen LogP contribution in [0, 0.1) is 0 Å². The number of hydrazone groups is 1. The Morgan fingerprint density at radius 1 is 1.58 bits per heavy atom. The summed E-state index contributed by atoms with van der Waals surface area (Å²) in [6, 6.07) is -0.219. The van der Waals surface area contributed by atoms with Crippen LogP contribution in [0.25, 0.3) is 0 Å². The van der Waals surface area contributed by atoms with Crippen molar-refractivity contribution in [3.63, 3.8) is 0 Å². The van der Waals surface area contributed by atoms with Crippen molar-refractivity contribution < 1.29 is 9.53 Å². The van der Waals surface area contributed by atoms with Crippen molar-refractivity contribution in [1.82, 2.24) is 10.2 Å². The number of amides is 1. The minimum Gasteiger partial charge on any atom is -0.444 e. The van der Waals surface area contributed by atoms with Crippen molar-refractivity contribution in [2.75, 3.05) is 6.54 Å². The molecule has 1 rings (SSSR count). The van der Waals surface area contributed by atoms with Crippen molar-refractivity contribution in [2.24, 2.45) is 16.7 Å². The number of alkyl carbamates (subject to hydrolysis) is 1. The molecule has 0 aliphatic carbocycles.